The number of nitrogens with one attached hydrogen (secondary N) is 3. The number of aldehydes is 1. The summed E-state index contributed by atoms with van der Waals surface area (Å²) in [5, 5.41) is 12.4. The van der Waals surface area contributed by atoms with Crippen LogP contribution < -0.4 is 15.4 Å². The van der Waals surface area contributed by atoms with Crippen LogP contribution in [0.3, 0.4) is 0 Å². The van der Waals surface area contributed by atoms with Gasteiger partial charge in [-0.3, -0.25) is 24.0 Å². The van der Waals surface area contributed by atoms with Gasteiger partial charge in [0.2, 0.25) is 18.7 Å². The molecule has 2 aliphatic carbocycles. The Hall–Kier alpha value is -2.72. The minimum absolute atomic E-state index is 0.0417. The molecule has 61 heavy (non-hydrogen) atoms. The van der Waals surface area contributed by atoms with Crippen molar-refractivity contribution in [2.24, 2.45) is 5.92 Å². The molecule has 2 atom stereocenters. The van der Waals surface area contributed by atoms with E-state index in [1.165, 1.54) is 32.1 Å². The van der Waals surface area contributed by atoms with Crippen LogP contribution in [0.5, 0.6) is 0 Å². The summed E-state index contributed by atoms with van der Waals surface area (Å²) in [5.74, 6) is 4.50. The molecule has 1 unspecified atom stereocenters. The predicted octanol–water partition coefficient (Wildman–Crippen LogP) is 11.6. The lowest BCUT2D eigenvalue weighted by Crippen LogP contribution is -2.45. The summed E-state index contributed by atoms with van der Waals surface area (Å²) in [5.41, 5.74) is 0.0417. The van der Waals surface area contributed by atoms with Crippen LogP contribution in [-0.2, 0) is 33.6 Å². The number of aliphatic hydroxyl groups is 1. The lowest BCUT2D eigenvalue weighted by atomic mass is 10.1. The van der Waals surface area contributed by atoms with Gasteiger partial charge < -0.3 is 25.3 Å². The molecule has 0 radical (unpaired) electrons. The fraction of sp³-hybridized carbons (Fsp3) is 0.816. The lowest BCUT2D eigenvalue weighted by molar-refractivity contribution is -0.126. The third kappa shape index (κ3) is 113. The van der Waals surface area contributed by atoms with Crippen LogP contribution >= 0.6 is 0 Å². The molecule has 0 aromatic carbocycles. The highest BCUT2D eigenvalue weighted by atomic mass is 32.2. The molecule has 0 aromatic heterocycles. The first-order valence-electron chi connectivity index (χ1n) is 23.2. The SMILES string of the molecule is C#C.C=C.C=S(=O)(NC=O)C1CC1.CC.CC.CC.CC.CC.CC.CC.CC.CC(C)C.CN1CCCCC[C@H]1C(=O)NC1CC1.CO.COC(C)(C)C.O=CCNC=O. The Bertz CT molecular complexity index is 831. The van der Waals surface area contributed by atoms with E-state index < -0.39 is 9.71 Å². The number of aliphatic hydroxyl groups excluding tert-OH is 1. The number of terminal acetylenes is 1. The minimum Gasteiger partial charge on any atom is -0.400 e. The van der Waals surface area contributed by atoms with Gasteiger partial charge in [0.1, 0.15) is 6.29 Å². The molecule has 3 aliphatic rings. The van der Waals surface area contributed by atoms with Crippen molar-refractivity contribution in [3.05, 3.63) is 13.2 Å². The first-order chi connectivity index (χ1) is 29.1. The third-order valence-electron chi connectivity index (χ3n) is 5.45. The molecule has 12 heteroatoms. The standard InChI is InChI=1S/C11H20N2O.C5H9NO2S.C5H12O.C4H10.C3H5NO2.8C2H6.C2H4.C2H2.CH4O/c1-13-8-4-2-3-5-10(13)11(14)12-9-6-7-9;1-9(8,6-4-7)5-2-3-5;1-5(2,3)6-4;1-4(2)3;5-2-1-4-3-6;11*1-2/h9-10H,2-8H2,1H3,(H,12,14);4-5H,1-3H2,(H,6,7,8);1-4H3;4H,1-3H3;2-3H,1H2,(H,4,6);8*1-2H3;1-2H2;1-2H;2H,1H3/t10-;;;;;;;;;;;;;;;/m0.............../s1. The normalized spacial score (nSPS) is 13.8. The monoisotopic (exact) mass is 903 g/mol. The molecule has 1 aliphatic heterocycles. The maximum Gasteiger partial charge on any atom is 0.237 e. The number of methoxy groups -OCH3 is 1. The second kappa shape index (κ2) is 92.5. The van der Waals surface area contributed by atoms with Crippen molar-refractivity contribution < 1.29 is 33.2 Å². The van der Waals surface area contributed by atoms with E-state index in [0.29, 0.717) is 25.1 Å². The van der Waals surface area contributed by atoms with Crippen molar-refractivity contribution in [1.82, 2.24) is 20.3 Å². The number of likely N-dealkylation sites (tertiary alicyclic amines) is 1. The van der Waals surface area contributed by atoms with E-state index in [-0.39, 0.29) is 29.3 Å². The molecule has 3 rings (SSSR count). The van der Waals surface area contributed by atoms with Gasteiger partial charge in [0.25, 0.3) is 0 Å². The predicted molar refractivity (Wildman–Crippen MR) is 281 cm³/mol. The highest BCUT2D eigenvalue weighted by Crippen LogP contribution is 2.26. The van der Waals surface area contributed by atoms with Crippen LogP contribution in [0.1, 0.15) is 204 Å². The average molecular weight is 904 g/mol. The molecule has 1 saturated heterocycles. The van der Waals surface area contributed by atoms with Crippen LogP contribution in [-0.4, -0.2) is 102 Å². The van der Waals surface area contributed by atoms with E-state index in [1.54, 1.807) is 7.11 Å². The number of likely N-dealkylation sites (N-methyl/N-ethyl adjacent to an activating group) is 1. The number of nitrogens with zero attached hydrogens (tertiary/aromatic N) is 1. The van der Waals surface area contributed by atoms with Gasteiger partial charge in [0.05, 0.1) is 27.9 Å². The molecule has 0 aromatic rings. The number of carbonyl (C=O) groups excluding carboxylic acids is 4. The summed E-state index contributed by atoms with van der Waals surface area (Å²) >= 11 is 0. The average Bonchev–Trinajstić information content (AvgIpc) is 4.24. The van der Waals surface area contributed by atoms with Gasteiger partial charge in [-0.25, -0.2) is 4.21 Å². The Morgan fingerprint density at radius 3 is 1.33 bits per heavy atom. The number of hydrogen-bond acceptors (Lipinski definition) is 8. The van der Waals surface area contributed by atoms with Crippen LogP contribution in [0.25, 0.3) is 0 Å². The van der Waals surface area contributed by atoms with Gasteiger partial charge in [0.15, 0.2) is 0 Å². The van der Waals surface area contributed by atoms with E-state index >= 15 is 0 Å². The summed E-state index contributed by atoms with van der Waals surface area (Å²) in [6.07, 6.45) is 18.5. The fourth-order valence-electron chi connectivity index (χ4n) is 2.83. The molecule has 0 bridgehead atoms. The van der Waals surface area contributed by atoms with Crippen molar-refractivity contribution in [3.8, 4) is 12.8 Å². The first kappa shape index (κ1) is 93.3. The van der Waals surface area contributed by atoms with E-state index in [2.05, 4.69) is 79.9 Å². The molecule has 4 N–H and O–H groups in total. The first-order valence-corrected chi connectivity index (χ1v) is 25.0. The number of hydrogen-bond donors (Lipinski definition) is 4. The minimum atomic E-state index is -2.26. The van der Waals surface area contributed by atoms with Crippen LogP contribution in [0.2, 0.25) is 0 Å². The number of ether oxygens (including phenoxy) is 1. The Kier molecular flexibility index (Phi) is 141. The van der Waals surface area contributed by atoms with Gasteiger partial charge in [-0.1, -0.05) is 144 Å². The van der Waals surface area contributed by atoms with E-state index in [1.807, 2.05) is 132 Å². The quantitative estimate of drug-likeness (QED) is 0.0617. The zero-order valence-electron chi connectivity index (χ0n) is 45.6. The summed E-state index contributed by atoms with van der Waals surface area (Å²) in [4.78, 5) is 42.5. The molecule has 3 amide bonds. The second-order valence-corrected chi connectivity index (χ2v) is 13.9. The van der Waals surface area contributed by atoms with Gasteiger partial charge in [-0.05, 0) is 84.7 Å². The van der Waals surface area contributed by atoms with Crippen LogP contribution in [0.15, 0.2) is 13.2 Å². The van der Waals surface area contributed by atoms with E-state index in [9.17, 15) is 23.4 Å². The van der Waals surface area contributed by atoms with Crippen molar-refractivity contribution in [3.63, 3.8) is 0 Å². The third-order valence-corrected chi connectivity index (χ3v) is 7.50. The second-order valence-electron chi connectivity index (χ2n) is 11.5. The fourth-order valence-corrected chi connectivity index (χ4v) is 4.08. The largest absolute Gasteiger partial charge is 0.400 e. The molecule has 378 valence electrons. The maximum absolute atomic E-state index is 11.9. The highest BCUT2D eigenvalue weighted by molar-refractivity contribution is 7.99. The van der Waals surface area contributed by atoms with E-state index in [0.717, 1.165) is 38.8 Å². The van der Waals surface area contributed by atoms with Gasteiger partial charge in [-0.2, -0.15) is 0 Å². The number of rotatable bonds is 8. The van der Waals surface area contributed by atoms with Crippen LogP contribution in [0, 0.1) is 18.8 Å². The molecular formula is C49H114N4O7S. The zero-order chi connectivity index (χ0) is 52.5. The molecule has 2 saturated carbocycles. The highest BCUT2D eigenvalue weighted by Gasteiger charge is 2.30. The molecule has 0 spiro atoms. The topological polar surface area (TPSA) is 154 Å². The molecule has 11 nitrogen and oxygen atoms in total. The Morgan fingerprint density at radius 1 is 0.754 bits per heavy atom. The summed E-state index contributed by atoms with van der Waals surface area (Å²) in [6, 6.07) is 0.636. The van der Waals surface area contributed by atoms with Gasteiger partial charge in [0, 0.05) is 25.5 Å². The Morgan fingerprint density at radius 2 is 1.10 bits per heavy atom. The summed E-state index contributed by atoms with van der Waals surface area (Å²) < 4.78 is 18.3. The van der Waals surface area contributed by atoms with Crippen molar-refractivity contribution in [2.45, 2.75) is 227 Å². The maximum atomic E-state index is 11.9. The van der Waals surface area contributed by atoms with Crippen molar-refractivity contribution >= 4 is 40.6 Å². The molecule has 3 fully saturated rings. The molecular weight excluding hydrogens is 789 g/mol. The van der Waals surface area contributed by atoms with E-state index in [4.69, 9.17) is 9.84 Å². The zero-order valence-corrected chi connectivity index (χ0v) is 46.5. The van der Waals surface area contributed by atoms with Crippen molar-refractivity contribution in [2.75, 3.05) is 34.4 Å². The summed E-state index contributed by atoms with van der Waals surface area (Å²) in [6.45, 7) is 51.7. The summed E-state index contributed by atoms with van der Waals surface area (Å²) in [7, 11) is 2.53. The molecule has 1 heterocycles. The Labute approximate surface area is 385 Å². The van der Waals surface area contributed by atoms with Gasteiger partial charge in [-0.15, -0.1) is 26.0 Å². The van der Waals surface area contributed by atoms with Gasteiger partial charge >= 0.3 is 0 Å². The smallest absolute Gasteiger partial charge is 0.237 e. The number of carbonyl (C=O) groups is 4. The number of amides is 3. The van der Waals surface area contributed by atoms with Crippen LogP contribution in [0.4, 0.5) is 0 Å². The Balaban J connectivity index is -0.0000000398. The lowest BCUT2D eigenvalue weighted by Gasteiger charge is -2.24. The van der Waals surface area contributed by atoms with Crippen molar-refractivity contribution in [1.29, 1.82) is 0 Å².